The number of rotatable bonds is 8. The molecule has 0 amide bonds. The summed E-state index contributed by atoms with van der Waals surface area (Å²) in [5.41, 5.74) is 5.21. The number of fused-ring (bicyclic) bond motifs is 5. The minimum absolute atomic E-state index is 0.439. The minimum Gasteiger partial charge on any atom is -0.508 e. The third kappa shape index (κ3) is 9.70. The number of allylic oxidation sites excluding steroid dienone is 2. The van der Waals surface area contributed by atoms with Crippen molar-refractivity contribution in [3.05, 3.63) is 41.0 Å². The first-order valence-electron chi connectivity index (χ1n) is 16.1. The van der Waals surface area contributed by atoms with E-state index in [1.165, 1.54) is 82.9 Å². The Morgan fingerprint density at radius 3 is 2.18 bits per heavy atom. The van der Waals surface area contributed by atoms with Gasteiger partial charge in [0.2, 0.25) is 0 Å². The summed E-state index contributed by atoms with van der Waals surface area (Å²) in [6.45, 7) is 15.2. The predicted octanol–water partition coefficient (Wildman–Crippen LogP) is 9.31. The topological polar surface area (TPSA) is 26.7 Å². The van der Waals surface area contributed by atoms with Crippen molar-refractivity contribution >= 4 is 0 Å². The monoisotopic (exact) mass is 529 g/mol. The Morgan fingerprint density at radius 2 is 1.58 bits per heavy atom. The largest absolute Gasteiger partial charge is 0.508 e. The molecule has 1 aromatic carbocycles. The van der Waals surface area contributed by atoms with Crippen molar-refractivity contribution in [2.24, 2.45) is 17.3 Å². The smallest absolute Gasteiger partial charge is 0.115 e. The molecule has 0 radical (unpaired) electrons. The summed E-state index contributed by atoms with van der Waals surface area (Å²) < 4.78 is 0. The van der Waals surface area contributed by atoms with Crippen molar-refractivity contribution in [1.82, 2.24) is 9.80 Å². The lowest BCUT2D eigenvalue weighted by atomic mass is 9.55. The van der Waals surface area contributed by atoms with E-state index in [0.29, 0.717) is 11.2 Å². The highest BCUT2D eigenvalue weighted by molar-refractivity contribution is 5.40. The van der Waals surface area contributed by atoms with E-state index >= 15 is 0 Å². The van der Waals surface area contributed by atoms with Crippen LogP contribution in [0.1, 0.15) is 123 Å². The number of phenols is 1. The summed E-state index contributed by atoms with van der Waals surface area (Å²) in [5, 5.41) is 9.86. The molecule has 3 heteroatoms. The van der Waals surface area contributed by atoms with E-state index < -0.39 is 0 Å². The Hall–Kier alpha value is -1.32. The van der Waals surface area contributed by atoms with Crippen LogP contribution >= 0.6 is 0 Å². The van der Waals surface area contributed by atoms with Crippen LogP contribution in [-0.4, -0.2) is 56.2 Å². The highest BCUT2D eigenvalue weighted by Gasteiger charge is 2.52. The summed E-state index contributed by atoms with van der Waals surface area (Å²) in [4.78, 5) is 4.48. The lowest BCUT2D eigenvalue weighted by Crippen LogP contribution is -2.40. The molecule has 4 atom stereocenters. The van der Waals surface area contributed by atoms with Gasteiger partial charge in [-0.1, -0.05) is 65.7 Å². The van der Waals surface area contributed by atoms with Crippen molar-refractivity contribution in [3.8, 4) is 5.75 Å². The van der Waals surface area contributed by atoms with Crippen LogP contribution in [0.4, 0.5) is 0 Å². The highest BCUT2D eigenvalue weighted by Crippen LogP contribution is 2.62. The van der Waals surface area contributed by atoms with Crippen molar-refractivity contribution in [2.75, 3.05) is 41.3 Å². The Morgan fingerprint density at radius 1 is 0.895 bits per heavy atom. The predicted molar refractivity (Wildman–Crippen MR) is 169 cm³/mol. The molecule has 1 aromatic rings. The summed E-state index contributed by atoms with van der Waals surface area (Å²) in [6.07, 6.45) is 17.1. The molecule has 2 saturated carbocycles. The molecular weight excluding hydrogens is 464 g/mol. The Bertz CT molecular complexity index is 799. The summed E-state index contributed by atoms with van der Waals surface area (Å²) in [6, 6.07) is 6.16. The molecule has 2 fully saturated rings. The van der Waals surface area contributed by atoms with E-state index in [4.69, 9.17) is 0 Å². The molecule has 3 aliphatic carbocycles. The first-order chi connectivity index (χ1) is 18.3. The van der Waals surface area contributed by atoms with E-state index in [1.54, 1.807) is 11.1 Å². The van der Waals surface area contributed by atoms with E-state index in [9.17, 15) is 5.11 Å². The first-order valence-corrected chi connectivity index (χ1v) is 16.1. The Labute approximate surface area is 238 Å². The van der Waals surface area contributed by atoms with Gasteiger partial charge in [-0.05, 0) is 152 Å². The second-order valence-electron chi connectivity index (χ2n) is 12.0. The molecule has 0 spiro atoms. The normalized spacial score (nSPS) is 26.2. The van der Waals surface area contributed by atoms with Gasteiger partial charge in [-0.2, -0.15) is 0 Å². The maximum Gasteiger partial charge on any atom is 0.115 e. The maximum atomic E-state index is 9.86. The zero-order valence-corrected chi connectivity index (χ0v) is 27.1. The fourth-order valence-electron chi connectivity index (χ4n) is 7.22. The van der Waals surface area contributed by atoms with Crippen LogP contribution in [0.2, 0.25) is 0 Å². The molecule has 3 aliphatic rings. The van der Waals surface area contributed by atoms with Crippen LogP contribution in [0, 0.1) is 17.3 Å². The van der Waals surface area contributed by atoms with Gasteiger partial charge in [0.25, 0.3) is 0 Å². The van der Waals surface area contributed by atoms with Gasteiger partial charge < -0.3 is 14.9 Å². The van der Waals surface area contributed by atoms with E-state index in [1.807, 2.05) is 39.8 Å². The van der Waals surface area contributed by atoms with Gasteiger partial charge in [0.05, 0.1) is 0 Å². The fourth-order valence-corrected chi connectivity index (χ4v) is 7.22. The number of aromatic hydroxyl groups is 1. The average molecular weight is 529 g/mol. The van der Waals surface area contributed by atoms with Crippen molar-refractivity contribution in [1.29, 1.82) is 0 Å². The van der Waals surface area contributed by atoms with Crippen LogP contribution in [0.3, 0.4) is 0 Å². The van der Waals surface area contributed by atoms with Gasteiger partial charge in [-0.15, -0.1) is 0 Å². The van der Waals surface area contributed by atoms with Crippen LogP contribution < -0.4 is 0 Å². The van der Waals surface area contributed by atoms with Gasteiger partial charge in [0.1, 0.15) is 5.75 Å². The zero-order chi connectivity index (χ0) is 28.7. The second kappa shape index (κ2) is 18.1. The van der Waals surface area contributed by atoms with Crippen molar-refractivity contribution in [3.63, 3.8) is 0 Å². The standard InChI is InChI=1S/C26H39NO.C5H13N.2C2H6/c1-26-16-15-23-22-13-11-21(28)18-19(22)9-12-24(23)25(26)14-10-20(26)8-6-4-5-7-17-27(2)3;1-4-5-6(2)3;2*1-2/h8,11,13,18,23-25,28H,4-7,9-10,12,14-17H2,1-3H3;4-5H2,1-3H3;2*1-2H3/b20-8+;;;. The summed E-state index contributed by atoms with van der Waals surface area (Å²) in [5.74, 6) is 2.89. The van der Waals surface area contributed by atoms with Gasteiger partial charge in [0.15, 0.2) is 0 Å². The number of nitrogens with zero attached hydrogens (tertiary/aromatic N) is 2. The van der Waals surface area contributed by atoms with E-state index in [2.05, 4.69) is 64.0 Å². The molecule has 3 nitrogen and oxygen atoms in total. The highest BCUT2D eigenvalue weighted by atomic mass is 16.3. The number of phenolic OH excluding ortho intramolecular Hbond substituents is 1. The van der Waals surface area contributed by atoms with Crippen LogP contribution in [0.25, 0.3) is 0 Å². The summed E-state index contributed by atoms with van der Waals surface area (Å²) in [7, 11) is 8.52. The maximum absolute atomic E-state index is 9.86. The molecular formula is C35H64N2O. The number of unbranched alkanes of at least 4 members (excludes halogenated alkanes) is 3. The molecule has 0 bridgehead atoms. The third-order valence-corrected chi connectivity index (χ3v) is 8.93. The van der Waals surface area contributed by atoms with Crippen LogP contribution in [0.5, 0.6) is 5.75 Å². The molecule has 38 heavy (non-hydrogen) atoms. The molecule has 0 heterocycles. The van der Waals surface area contributed by atoms with E-state index in [0.717, 1.165) is 24.2 Å². The molecule has 4 unspecified atom stereocenters. The summed E-state index contributed by atoms with van der Waals surface area (Å²) >= 11 is 0. The molecule has 4 rings (SSSR count). The number of aryl methyl sites for hydroxylation is 1. The Balaban J connectivity index is 0.000000629. The Kier molecular flexibility index (Phi) is 16.5. The number of benzene rings is 1. The number of hydrogen-bond acceptors (Lipinski definition) is 3. The molecule has 220 valence electrons. The minimum atomic E-state index is 0.439. The lowest BCUT2D eigenvalue weighted by molar-refractivity contribution is 0.0812. The van der Waals surface area contributed by atoms with Crippen molar-refractivity contribution in [2.45, 2.75) is 118 Å². The fraction of sp³-hybridized carbons (Fsp3) is 0.771. The second-order valence-corrected chi connectivity index (χ2v) is 12.0. The number of hydrogen-bond donors (Lipinski definition) is 1. The molecule has 0 aliphatic heterocycles. The molecule has 0 aromatic heterocycles. The van der Waals surface area contributed by atoms with Gasteiger partial charge >= 0.3 is 0 Å². The zero-order valence-electron chi connectivity index (χ0n) is 27.1. The molecule has 0 saturated heterocycles. The average Bonchev–Trinajstić information content (AvgIpc) is 3.24. The quantitative estimate of drug-likeness (QED) is 0.269. The van der Waals surface area contributed by atoms with Gasteiger partial charge in [0, 0.05) is 0 Å². The first kappa shape index (κ1) is 34.7. The SMILES string of the molecule is CC.CC.CCCN(C)C.CN(C)CCCCC/C=C1\CCC2C3CCc4cc(O)ccc4C3CCC12C. The van der Waals surface area contributed by atoms with Crippen LogP contribution in [-0.2, 0) is 6.42 Å². The van der Waals surface area contributed by atoms with Gasteiger partial charge in [-0.25, -0.2) is 0 Å². The molecule has 1 N–H and O–H groups in total. The lowest BCUT2D eigenvalue weighted by Gasteiger charge is -2.49. The van der Waals surface area contributed by atoms with E-state index in [-0.39, 0.29) is 0 Å². The van der Waals surface area contributed by atoms with Gasteiger partial charge in [-0.3, -0.25) is 0 Å². The van der Waals surface area contributed by atoms with Crippen LogP contribution in [0.15, 0.2) is 29.8 Å². The van der Waals surface area contributed by atoms with Crippen molar-refractivity contribution < 1.29 is 5.11 Å². The third-order valence-electron chi connectivity index (χ3n) is 8.93.